The molecule has 1 saturated heterocycles. The van der Waals surface area contributed by atoms with Crippen molar-refractivity contribution in [2.45, 2.75) is 19.9 Å². The van der Waals surface area contributed by atoms with Crippen LogP contribution in [0.25, 0.3) is 10.6 Å². The highest BCUT2D eigenvalue weighted by molar-refractivity contribution is 7.13. The average Bonchev–Trinajstić information content (AvgIpc) is 3.23. The molecular formula is C23H24FN3OS. The summed E-state index contributed by atoms with van der Waals surface area (Å²) in [7, 11) is 0. The van der Waals surface area contributed by atoms with Gasteiger partial charge in [0.25, 0.3) is 5.91 Å². The van der Waals surface area contributed by atoms with Crippen LogP contribution in [0.1, 0.15) is 28.5 Å². The molecule has 6 heteroatoms. The summed E-state index contributed by atoms with van der Waals surface area (Å²) in [6.45, 7) is 5.65. The number of nitrogens with zero attached hydrogens (tertiary/aromatic N) is 3. The highest BCUT2D eigenvalue weighted by Gasteiger charge is 2.24. The number of hydrogen-bond donors (Lipinski definition) is 0. The molecule has 0 atom stereocenters. The molecule has 0 aliphatic carbocycles. The molecule has 150 valence electrons. The van der Waals surface area contributed by atoms with Crippen LogP contribution in [0.15, 0.2) is 53.9 Å². The first-order chi connectivity index (χ1) is 14.1. The van der Waals surface area contributed by atoms with Gasteiger partial charge in [0.2, 0.25) is 0 Å². The van der Waals surface area contributed by atoms with Crippen molar-refractivity contribution in [3.63, 3.8) is 0 Å². The smallest absolute Gasteiger partial charge is 0.256 e. The molecule has 0 saturated carbocycles. The van der Waals surface area contributed by atoms with E-state index >= 15 is 0 Å². The monoisotopic (exact) mass is 409 g/mol. The van der Waals surface area contributed by atoms with Crippen LogP contribution in [-0.2, 0) is 13.0 Å². The topological polar surface area (TPSA) is 36.4 Å². The largest absolute Gasteiger partial charge is 0.336 e. The normalized spacial score (nSPS) is 14.9. The fourth-order valence-corrected chi connectivity index (χ4v) is 4.36. The Bertz CT molecular complexity index is 978. The fraction of sp³-hybridized carbons (Fsp3) is 0.304. The van der Waals surface area contributed by atoms with Crippen LogP contribution in [0.3, 0.4) is 0 Å². The van der Waals surface area contributed by atoms with Crippen LogP contribution in [-0.4, -0.2) is 46.9 Å². The highest BCUT2D eigenvalue weighted by Crippen LogP contribution is 2.25. The maximum atomic E-state index is 13.9. The Labute approximate surface area is 174 Å². The zero-order valence-corrected chi connectivity index (χ0v) is 17.3. The predicted molar refractivity (Wildman–Crippen MR) is 115 cm³/mol. The van der Waals surface area contributed by atoms with E-state index in [1.165, 1.54) is 11.6 Å². The number of amides is 1. The summed E-state index contributed by atoms with van der Waals surface area (Å²) in [5.74, 6) is -0.684. The number of aromatic nitrogens is 1. The lowest BCUT2D eigenvalue weighted by atomic mass is 10.1. The zero-order valence-electron chi connectivity index (χ0n) is 16.5. The van der Waals surface area contributed by atoms with Gasteiger partial charge < -0.3 is 4.90 Å². The Morgan fingerprint density at radius 3 is 2.48 bits per heavy atom. The summed E-state index contributed by atoms with van der Waals surface area (Å²) in [6, 6.07) is 14.8. The number of hydrogen-bond acceptors (Lipinski definition) is 4. The molecule has 1 amide bonds. The molecule has 1 aliphatic heterocycles. The van der Waals surface area contributed by atoms with E-state index in [0.717, 1.165) is 42.3 Å². The summed E-state index contributed by atoms with van der Waals surface area (Å²) in [5, 5.41) is 3.15. The summed E-state index contributed by atoms with van der Waals surface area (Å²) in [5.41, 5.74) is 3.68. The van der Waals surface area contributed by atoms with Crippen molar-refractivity contribution in [3.05, 3.63) is 76.5 Å². The number of carbonyl (C=O) groups is 1. The van der Waals surface area contributed by atoms with E-state index in [9.17, 15) is 9.18 Å². The second-order valence-corrected chi connectivity index (χ2v) is 8.10. The molecular weight excluding hydrogens is 385 g/mol. The summed E-state index contributed by atoms with van der Waals surface area (Å²) in [4.78, 5) is 21.4. The Kier molecular flexibility index (Phi) is 6.02. The first-order valence-corrected chi connectivity index (χ1v) is 10.8. The minimum Gasteiger partial charge on any atom is -0.336 e. The van der Waals surface area contributed by atoms with Crippen molar-refractivity contribution in [2.75, 3.05) is 26.2 Å². The van der Waals surface area contributed by atoms with Crippen LogP contribution in [0.5, 0.6) is 0 Å². The number of carbonyl (C=O) groups excluding carboxylic acids is 1. The number of thiazole rings is 1. The van der Waals surface area contributed by atoms with Crippen LogP contribution >= 0.6 is 11.3 Å². The molecule has 0 spiro atoms. The Hall–Kier alpha value is -2.57. The minimum absolute atomic E-state index is 0.152. The van der Waals surface area contributed by atoms with Gasteiger partial charge >= 0.3 is 0 Å². The van der Waals surface area contributed by atoms with Gasteiger partial charge in [-0.05, 0) is 24.1 Å². The predicted octanol–water partition coefficient (Wildman–Crippen LogP) is 4.47. The number of rotatable bonds is 5. The Balaban J connectivity index is 1.33. The average molecular weight is 410 g/mol. The molecule has 0 unspecified atom stereocenters. The number of halogens is 1. The van der Waals surface area contributed by atoms with Crippen molar-refractivity contribution in [1.82, 2.24) is 14.8 Å². The highest BCUT2D eigenvalue weighted by atomic mass is 32.1. The van der Waals surface area contributed by atoms with Gasteiger partial charge in [-0.2, -0.15) is 0 Å². The van der Waals surface area contributed by atoms with Crippen molar-refractivity contribution >= 4 is 17.2 Å². The van der Waals surface area contributed by atoms with E-state index in [2.05, 4.69) is 41.5 Å². The SMILES string of the molecule is CCc1ccc(-c2nc(CN3CCN(C(=O)c4ccccc4F)CC3)cs2)cc1. The third-order valence-electron chi connectivity index (χ3n) is 5.31. The molecule has 1 aliphatic rings. The minimum atomic E-state index is -0.457. The van der Waals surface area contributed by atoms with E-state index < -0.39 is 5.82 Å². The molecule has 0 radical (unpaired) electrons. The van der Waals surface area contributed by atoms with Gasteiger partial charge in [-0.1, -0.05) is 43.3 Å². The lowest BCUT2D eigenvalue weighted by Crippen LogP contribution is -2.48. The van der Waals surface area contributed by atoms with Gasteiger partial charge in [0.15, 0.2) is 0 Å². The molecule has 2 heterocycles. The second-order valence-electron chi connectivity index (χ2n) is 7.24. The summed E-state index contributed by atoms with van der Waals surface area (Å²) < 4.78 is 13.9. The lowest BCUT2D eigenvalue weighted by molar-refractivity contribution is 0.0623. The van der Waals surface area contributed by atoms with E-state index in [1.54, 1.807) is 34.4 Å². The van der Waals surface area contributed by atoms with Gasteiger partial charge in [-0.25, -0.2) is 9.37 Å². The number of aryl methyl sites for hydroxylation is 1. The molecule has 3 aromatic rings. The number of benzene rings is 2. The summed E-state index contributed by atoms with van der Waals surface area (Å²) in [6.07, 6.45) is 1.04. The lowest BCUT2D eigenvalue weighted by Gasteiger charge is -2.34. The maximum absolute atomic E-state index is 13.9. The third kappa shape index (κ3) is 4.54. The maximum Gasteiger partial charge on any atom is 0.256 e. The fourth-order valence-electron chi connectivity index (χ4n) is 3.54. The Morgan fingerprint density at radius 1 is 1.07 bits per heavy atom. The molecule has 0 bridgehead atoms. The molecule has 29 heavy (non-hydrogen) atoms. The third-order valence-corrected chi connectivity index (χ3v) is 6.25. The van der Waals surface area contributed by atoms with Crippen LogP contribution in [0.4, 0.5) is 4.39 Å². The number of piperazine rings is 1. The van der Waals surface area contributed by atoms with Gasteiger partial charge in [0.05, 0.1) is 11.3 Å². The van der Waals surface area contributed by atoms with Crippen LogP contribution in [0.2, 0.25) is 0 Å². The quantitative estimate of drug-likeness (QED) is 0.624. The zero-order chi connectivity index (χ0) is 20.2. The molecule has 4 nitrogen and oxygen atoms in total. The molecule has 1 aromatic heterocycles. The standard InChI is InChI=1S/C23H24FN3OS/c1-2-17-7-9-18(10-8-17)22-25-19(16-29-22)15-26-11-13-27(14-12-26)23(28)20-5-3-4-6-21(20)24/h3-10,16H,2,11-15H2,1H3. The molecule has 1 fully saturated rings. The van der Waals surface area contributed by atoms with Crippen molar-refractivity contribution in [1.29, 1.82) is 0 Å². The van der Waals surface area contributed by atoms with Crippen molar-refractivity contribution in [3.8, 4) is 10.6 Å². The van der Waals surface area contributed by atoms with Crippen molar-refractivity contribution < 1.29 is 9.18 Å². The van der Waals surface area contributed by atoms with E-state index in [4.69, 9.17) is 4.98 Å². The van der Waals surface area contributed by atoms with Crippen LogP contribution in [0, 0.1) is 5.82 Å². The van der Waals surface area contributed by atoms with E-state index in [0.29, 0.717) is 13.1 Å². The van der Waals surface area contributed by atoms with E-state index in [1.807, 2.05) is 0 Å². The first kappa shape index (κ1) is 19.7. The second kappa shape index (κ2) is 8.84. The van der Waals surface area contributed by atoms with Gasteiger partial charge in [-0.15, -0.1) is 11.3 Å². The van der Waals surface area contributed by atoms with Crippen LogP contribution < -0.4 is 0 Å². The molecule has 4 rings (SSSR count). The first-order valence-electron chi connectivity index (χ1n) is 9.94. The van der Waals surface area contributed by atoms with Gasteiger partial charge in [0, 0.05) is 43.7 Å². The Morgan fingerprint density at radius 2 is 1.79 bits per heavy atom. The summed E-state index contributed by atoms with van der Waals surface area (Å²) >= 11 is 1.67. The van der Waals surface area contributed by atoms with Gasteiger partial charge in [-0.3, -0.25) is 9.69 Å². The molecule has 0 N–H and O–H groups in total. The van der Waals surface area contributed by atoms with E-state index in [-0.39, 0.29) is 11.5 Å². The van der Waals surface area contributed by atoms with Gasteiger partial charge in [0.1, 0.15) is 10.8 Å². The molecule has 2 aromatic carbocycles. The van der Waals surface area contributed by atoms with Crippen molar-refractivity contribution in [2.24, 2.45) is 0 Å².